The zero-order valence-corrected chi connectivity index (χ0v) is 17.3. The quantitative estimate of drug-likeness (QED) is 0.829. The number of benzene rings is 1. The van der Waals surface area contributed by atoms with Crippen LogP contribution in [0, 0.1) is 6.92 Å². The van der Waals surface area contributed by atoms with Gasteiger partial charge in [-0.15, -0.1) is 0 Å². The zero-order valence-electron chi connectivity index (χ0n) is 17.3. The molecule has 0 bridgehead atoms. The normalized spacial score (nSPS) is 21.2. The molecule has 2 aromatic rings. The second kappa shape index (κ2) is 7.75. The van der Waals surface area contributed by atoms with E-state index in [1.54, 1.807) is 0 Å². The number of nitrogens with zero attached hydrogens (tertiary/aromatic N) is 1. The highest BCUT2D eigenvalue weighted by atomic mass is 16.3. The fourth-order valence-electron chi connectivity index (χ4n) is 5.22. The van der Waals surface area contributed by atoms with Crippen molar-refractivity contribution in [1.29, 1.82) is 0 Å². The molecule has 1 saturated heterocycles. The molecule has 1 amide bonds. The summed E-state index contributed by atoms with van der Waals surface area (Å²) in [5.74, 6) is 2.56. The summed E-state index contributed by atoms with van der Waals surface area (Å²) in [5.41, 5.74) is 3.12. The van der Waals surface area contributed by atoms with Gasteiger partial charge < -0.3 is 9.73 Å². The number of aryl methyl sites for hydroxylation is 1. The summed E-state index contributed by atoms with van der Waals surface area (Å²) < 4.78 is 5.77. The van der Waals surface area contributed by atoms with Gasteiger partial charge in [-0.05, 0) is 87.7 Å². The van der Waals surface area contributed by atoms with Crippen LogP contribution in [-0.4, -0.2) is 29.9 Å². The highest BCUT2D eigenvalue weighted by Gasteiger charge is 2.45. The largest absolute Gasteiger partial charge is 0.465 e. The number of amides is 1. The summed E-state index contributed by atoms with van der Waals surface area (Å²) in [6.45, 7) is 9.11. The third kappa shape index (κ3) is 3.88. The fourth-order valence-corrected chi connectivity index (χ4v) is 5.22. The molecule has 0 unspecified atom stereocenters. The third-order valence-electron chi connectivity index (χ3n) is 6.48. The van der Waals surface area contributed by atoms with E-state index in [0.717, 1.165) is 50.4 Å². The average Bonchev–Trinajstić information content (AvgIpc) is 3.19. The minimum Gasteiger partial charge on any atom is -0.465 e. The second-order valence-electron chi connectivity index (χ2n) is 8.98. The summed E-state index contributed by atoms with van der Waals surface area (Å²) in [6.07, 6.45) is 4.02. The molecule has 4 nitrogen and oxygen atoms in total. The molecule has 4 heteroatoms. The lowest BCUT2D eigenvalue weighted by Crippen LogP contribution is -2.41. The van der Waals surface area contributed by atoms with E-state index in [-0.39, 0.29) is 17.4 Å². The molecule has 1 atom stereocenters. The number of hydrogen-bond acceptors (Lipinski definition) is 3. The van der Waals surface area contributed by atoms with Gasteiger partial charge in [-0.2, -0.15) is 0 Å². The van der Waals surface area contributed by atoms with Crippen molar-refractivity contribution >= 4 is 5.91 Å². The van der Waals surface area contributed by atoms with E-state index in [0.29, 0.717) is 12.3 Å². The Labute approximate surface area is 168 Å². The molecule has 4 rings (SSSR count). The molecule has 1 aromatic carbocycles. The lowest BCUT2D eigenvalue weighted by atomic mass is 9.73. The summed E-state index contributed by atoms with van der Waals surface area (Å²) >= 11 is 0. The Hall–Kier alpha value is -2.07. The maximum atomic E-state index is 12.4. The van der Waals surface area contributed by atoms with E-state index in [9.17, 15) is 4.79 Å². The SMILES string of the molecule is Cc1ccc(CN2CCC3(CC2)C[C@H](CC(=O)NC(C)C)c2ccccc23)o1. The number of rotatable bonds is 5. The Morgan fingerprint density at radius 2 is 1.96 bits per heavy atom. The zero-order chi connectivity index (χ0) is 19.7. The van der Waals surface area contributed by atoms with Crippen molar-refractivity contribution in [3.8, 4) is 0 Å². The molecular formula is C24H32N2O2. The van der Waals surface area contributed by atoms with Crippen LogP contribution in [-0.2, 0) is 16.8 Å². The lowest BCUT2D eigenvalue weighted by molar-refractivity contribution is -0.122. The maximum Gasteiger partial charge on any atom is 0.220 e. The van der Waals surface area contributed by atoms with Gasteiger partial charge in [0.1, 0.15) is 11.5 Å². The van der Waals surface area contributed by atoms with Gasteiger partial charge in [0, 0.05) is 12.5 Å². The first kappa shape index (κ1) is 19.3. The topological polar surface area (TPSA) is 45.5 Å². The van der Waals surface area contributed by atoms with Crippen LogP contribution in [0.5, 0.6) is 0 Å². The van der Waals surface area contributed by atoms with Gasteiger partial charge in [0.2, 0.25) is 5.91 Å². The third-order valence-corrected chi connectivity index (χ3v) is 6.48. The van der Waals surface area contributed by atoms with Gasteiger partial charge >= 0.3 is 0 Å². The van der Waals surface area contributed by atoms with Gasteiger partial charge in [0.25, 0.3) is 0 Å². The van der Waals surface area contributed by atoms with Crippen molar-refractivity contribution in [2.75, 3.05) is 13.1 Å². The molecule has 1 aliphatic heterocycles. The highest BCUT2D eigenvalue weighted by Crippen LogP contribution is 2.52. The van der Waals surface area contributed by atoms with Crippen LogP contribution in [0.3, 0.4) is 0 Å². The molecule has 1 aliphatic carbocycles. The molecule has 1 spiro atoms. The van der Waals surface area contributed by atoms with Crippen LogP contribution in [0.25, 0.3) is 0 Å². The fraction of sp³-hybridized carbons (Fsp3) is 0.542. The van der Waals surface area contributed by atoms with Crippen molar-refractivity contribution < 1.29 is 9.21 Å². The average molecular weight is 381 g/mol. The minimum absolute atomic E-state index is 0.178. The van der Waals surface area contributed by atoms with Crippen molar-refractivity contribution in [2.24, 2.45) is 0 Å². The lowest BCUT2D eigenvalue weighted by Gasteiger charge is -2.40. The van der Waals surface area contributed by atoms with Crippen LogP contribution in [0.15, 0.2) is 40.8 Å². The van der Waals surface area contributed by atoms with Gasteiger partial charge in [-0.1, -0.05) is 24.3 Å². The molecule has 2 aliphatic rings. The summed E-state index contributed by atoms with van der Waals surface area (Å²) in [5, 5.41) is 3.07. The van der Waals surface area contributed by atoms with Crippen molar-refractivity contribution in [3.63, 3.8) is 0 Å². The van der Waals surface area contributed by atoms with Crippen LogP contribution in [0.1, 0.15) is 68.1 Å². The molecule has 1 N–H and O–H groups in total. The molecule has 0 radical (unpaired) electrons. The smallest absolute Gasteiger partial charge is 0.220 e. The van der Waals surface area contributed by atoms with Gasteiger partial charge in [0.05, 0.1) is 6.54 Å². The predicted octanol–water partition coefficient (Wildman–Crippen LogP) is 4.52. The molecule has 150 valence electrons. The number of carbonyl (C=O) groups is 1. The van der Waals surface area contributed by atoms with E-state index < -0.39 is 0 Å². The van der Waals surface area contributed by atoms with E-state index in [1.807, 2.05) is 26.8 Å². The van der Waals surface area contributed by atoms with E-state index in [4.69, 9.17) is 4.42 Å². The number of fused-ring (bicyclic) bond motifs is 2. The van der Waals surface area contributed by atoms with Gasteiger partial charge in [0.15, 0.2) is 0 Å². The number of piperidine rings is 1. The second-order valence-corrected chi connectivity index (χ2v) is 8.98. The molecule has 28 heavy (non-hydrogen) atoms. The standard InChI is InChI=1S/C24H32N2O2/c1-17(2)25-23(27)14-19-15-24(22-7-5-4-6-21(19)22)10-12-26(13-11-24)16-20-9-8-18(3)28-20/h4-9,17,19H,10-16H2,1-3H3,(H,25,27)/t19-/m0/s1. The van der Waals surface area contributed by atoms with Gasteiger partial charge in [-0.25, -0.2) is 0 Å². The van der Waals surface area contributed by atoms with E-state index in [1.165, 1.54) is 11.1 Å². The number of carbonyl (C=O) groups excluding carboxylic acids is 1. The molecular weight excluding hydrogens is 348 g/mol. The Morgan fingerprint density at radius 3 is 2.64 bits per heavy atom. The molecule has 0 saturated carbocycles. The van der Waals surface area contributed by atoms with E-state index >= 15 is 0 Å². The predicted molar refractivity (Wildman–Crippen MR) is 111 cm³/mol. The first-order valence-corrected chi connectivity index (χ1v) is 10.6. The van der Waals surface area contributed by atoms with E-state index in [2.05, 4.69) is 40.5 Å². The van der Waals surface area contributed by atoms with Crippen LogP contribution in [0.2, 0.25) is 0 Å². The van der Waals surface area contributed by atoms with Crippen molar-refractivity contribution in [3.05, 3.63) is 59.0 Å². The number of furan rings is 1. The summed E-state index contributed by atoms with van der Waals surface area (Å²) in [4.78, 5) is 14.9. The Kier molecular flexibility index (Phi) is 5.33. The number of nitrogens with one attached hydrogen (secondary N) is 1. The summed E-state index contributed by atoms with van der Waals surface area (Å²) in [7, 11) is 0. The van der Waals surface area contributed by atoms with Crippen molar-refractivity contribution in [1.82, 2.24) is 10.2 Å². The summed E-state index contributed by atoms with van der Waals surface area (Å²) in [6, 6.07) is 13.2. The minimum atomic E-state index is 0.178. The van der Waals surface area contributed by atoms with Crippen molar-refractivity contribution in [2.45, 2.75) is 70.4 Å². The highest BCUT2D eigenvalue weighted by molar-refractivity contribution is 5.77. The van der Waals surface area contributed by atoms with Crippen LogP contribution < -0.4 is 5.32 Å². The van der Waals surface area contributed by atoms with Gasteiger partial charge in [-0.3, -0.25) is 9.69 Å². The van der Waals surface area contributed by atoms with Crippen LogP contribution >= 0.6 is 0 Å². The Morgan fingerprint density at radius 1 is 1.21 bits per heavy atom. The molecule has 1 fully saturated rings. The first-order chi connectivity index (χ1) is 13.4. The Balaban J connectivity index is 1.45. The maximum absolute atomic E-state index is 12.4. The number of hydrogen-bond donors (Lipinski definition) is 1. The number of likely N-dealkylation sites (tertiary alicyclic amines) is 1. The molecule has 1 aromatic heterocycles. The monoisotopic (exact) mass is 380 g/mol. The molecule has 2 heterocycles. The van der Waals surface area contributed by atoms with Crippen LogP contribution in [0.4, 0.5) is 0 Å². The first-order valence-electron chi connectivity index (χ1n) is 10.6. The Bertz CT molecular complexity index is 831.